The highest BCUT2D eigenvalue weighted by Gasteiger charge is 2.21. The van der Waals surface area contributed by atoms with Gasteiger partial charge < -0.3 is 4.74 Å². The van der Waals surface area contributed by atoms with Crippen LogP contribution in [0.25, 0.3) is 0 Å². The maximum atomic E-state index is 11.5. The number of hydrogen-bond acceptors (Lipinski definition) is 4. The van der Waals surface area contributed by atoms with E-state index in [4.69, 9.17) is 0 Å². The molecule has 5 nitrogen and oxygen atoms in total. The fraction of sp³-hybridized carbons (Fsp3) is 0.500. The van der Waals surface area contributed by atoms with E-state index in [0.29, 0.717) is 23.5 Å². The molecule has 1 atom stereocenters. The standard InChI is InChI=1S/C14H19NO4/c1-9(2)7-12-6-5-11(8-13(12)15(17)18)10(3)14(16)19-4/h5-6,8-10H,7H2,1-4H3/t10-/m1/s1. The Bertz CT molecular complexity index is 482. The number of esters is 1. The van der Waals surface area contributed by atoms with Gasteiger partial charge in [0.05, 0.1) is 18.0 Å². The first kappa shape index (κ1) is 15.1. The van der Waals surface area contributed by atoms with Gasteiger partial charge in [0.25, 0.3) is 5.69 Å². The van der Waals surface area contributed by atoms with Crippen LogP contribution in [0.15, 0.2) is 18.2 Å². The zero-order chi connectivity index (χ0) is 14.6. The zero-order valence-corrected chi connectivity index (χ0v) is 11.7. The summed E-state index contributed by atoms with van der Waals surface area (Å²) in [6.45, 7) is 5.69. The second-order valence-corrected chi connectivity index (χ2v) is 4.99. The first-order valence-corrected chi connectivity index (χ1v) is 6.21. The molecule has 0 amide bonds. The van der Waals surface area contributed by atoms with Crippen LogP contribution < -0.4 is 0 Å². The lowest BCUT2D eigenvalue weighted by atomic mass is 9.95. The summed E-state index contributed by atoms with van der Waals surface area (Å²) in [6.07, 6.45) is 0.642. The van der Waals surface area contributed by atoms with Crippen molar-refractivity contribution in [1.29, 1.82) is 0 Å². The van der Waals surface area contributed by atoms with Crippen molar-refractivity contribution in [2.24, 2.45) is 5.92 Å². The van der Waals surface area contributed by atoms with Gasteiger partial charge in [0.15, 0.2) is 0 Å². The fourth-order valence-corrected chi connectivity index (χ4v) is 1.95. The average Bonchev–Trinajstić information content (AvgIpc) is 2.36. The second-order valence-electron chi connectivity index (χ2n) is 4.99. The van der Waals surface area contributed by atoms with Crippen LogP contribution in [0.1, 0.15) is 37.8 Å². The summed E-state index contributed by atoms with van der Waals surface area (Å²) in [5, 5.41) is 11.1. The molecule has 0 aromatic heterocycles. The highest BCUT2D eigenvalue weighted by atomic mass is 16.6. The first-order valence-electron chi connectivity index (χ1n) is 6.21. The lowest BCUT2D eigenvalue weighted by Gasteiger charge is -2.11. The third kappa shape index (κ3) is 3.77. The normalized spacial score (nSPS) is 12.3. The van der Waals surface area contributed by atoms with Crippen molar-refractivity contribution in [1.82, 2.24) is 0 Å². The summed E-state index contributed by atoms with van der Waals surface area (Å²) in [4.78, 5) is 22.2. The van der Waals surface area contributed by atoms with E-state index >= 15 is 0 Å². The molecule has 0 saturated heterocycles. The molecule has 19 heavy (non-hydrogen) atoms. The van der Waals surface area contributed by atoms with Gasteiger partial charge >= 0.3 is 5.97 Å². The molecule has 0 fully saturated rings. The molecule has 0 heterocycles. The molecular formula is C14H19NO4. The van der Waals surface area contributed by atoms with Gasteiger partial charge in [-0.1, -0.05) is 26.0 Å². The SMILES string of the molecule is COC(=O)[C@H](C)c1ccc(CC(C)C)c([N+](=O)[O-])c1. The van der Waals surface area contributed by atoms with Gasteiger partial charge in [0.2, 0.25) is 0 Å². The van der Waals surface area contributed by atoms with Gasteiger partial charge in [-0.2, -0.15) is 0 Å². The third-order valence-corrected chi connectivity index (χ3v) is 2.99. The number of ether oxygens (including phenoxy) is 1. The lowest BCUT2D eigenvalue weighted by molar-refractivity contribution is -0.385. The topological polar surface area (TPSA) is 69.4 Å². The number of nitro groups is 1. The third-order valence-electron chi connectivity index (χ3n) is 2.99. The smallest absolute Gasteiger partial charge is 0.312 e. The van der Waals surface area contributed by atoms with E-state index in [-0.39, 0.29) is 5.69 Å². The molecule has 1 rings (SSSR count). The van der Waals surface area contributed by atoms with Crippen molar-refractivity contribution in [3.63, 3.8) is 0 Å². The first-order chi connectivity index (χ1) is 8.86. The molecule has 0 aliphatic heterocycles. The predicted octanol–water partition coefficient (Wildman–Crippen LogP) is 3.07. The van der Waals surface area contributed by atoms with Gasteiger partial charge in [-0.05, 0) is 24.8 Å². The number of carbonyl (C=O) groups excluding carboxylic acids is 1. The van der Waals surface area contributed by atoms with E-state index < -0.39 is 16.8 Å². The van der Waals surface area contributed by atoms with Crippen LogP contribution in [0.5, 0.6) is 0 Å². The number of rotatable bonds is 5. The Morgan fingerprint density at radius 1 is 1.37 bits per heavy atom. The van der Waals surface area contributed by atoms with Crippen molar-refractivity contribution >= 4 is 11.7 Å². The Kier molecular flexibility index (Phi) is 5.03. The van der Waals surface area contributed by atoms with Crippen LogP contribution in [0.4, 0.5) is 5.69 Å². The summed E-state index contributed by atoms with van der Waals surface area (Å²) in [7, 11) is 1.31. The maximum Gasteiger partial charge on any atom is 0.312 e. The average molecular weight is 265 g/mol. The number of hydrogen-bond donors (Lipinski definition) is 0. The van der Waals surface area contributed by atoms with Crippen LogP contribution in [0, 0.1) is 16.0 Å². The van der Waals surface area contributed by atoms with Crippen molar-refractivity contribution in [2.45, 2.75) is 33.1 Å². The van der Waals surface area contributed by atoms with Crippen LogP contribution in [-0.4, -0.2) is 18.0 Å². The van der Waals surface area contributed by atoms with Crippen molar-refractivity contribution in [3.05, 3.63) is 39.4 Å². The highest BCUT2D eigenvalue weighted by Crippen LogP contribution is 2.27. The quantitative estimate of drug-likeness (QED) is 0.466. The van der Waals surface area contributed by atoms with Gasteiger partial charge in [0, 0.05) is 11.6 Å². The molecule has 104 valence electrons. The fourth-order valence-electron chi connectivity index (χ4n) is 1.95. The van der Waals surface area contributed by atoms with Crippen LogP contribution >= 0.6 is 0 Å². The molecule has 5 heteroatoms. The van der Waals surface area contributed by atoms with E-state index in [2.05, 4.69) is 4.74 Å². The summed E-state index contributed by atoms with van der Waals surface area (Å²) in [5.74, 6) is -0.565. The van der Waals surface area contributed by atoms with Crippen molar-refractivity contribution in [3.8, 4) is 0 Å². The summed E-state index contributed by atoms with van der Waals surface area (Å²) >= 11 is 0. The molecule has 0 spiro atoms. The Balaban J connectivity index is 3.16. The minimum absolute atomic E-state index is 0.0713. The molecule has 0 unspecified atom stereocenters. The maximum absolute atomic E-state index is 11.5. The Morgan fingerprint density at radius 3 is 2.47 bits per heavy atom. The Hall–Kier alpha value is -1.91. The van der Waals surface area contributed by atoms with Gasteiger partial charge in [-0.3, -0.25) is 14.9 Å². The van der Waals surface area contributed by atoms with Crippen molar-refractivity contribution < 1.29 is 14.5 Å². The van der Waals surface area contributed by atoms with Gasteiger partial charge in [-0.25, -0.2) is 0 Å². The summed E-state index contributed by atoms with van der Waals surface area (Å²) in [5.41, 5.74) is 1.37. The largest absolute Gasteiger partial charge is 0.469 e. The predicted molar refractivity (Wildman–Crippen MR) is 72.1 cm³/mol. The molecule has 0 saturated carbocycles. The molecule has 1 aromatic rings. The minimum Gasteiger partial charge on any atom is -0.469 e. The minimum atomic E-state index is -0.503. The van der Waals surface area contributed by atoms with E-state index in [1.54, 1.807) is 19.1 Å². The lowest BCUT2D eigenvalue weighted by Crippen LogP contribution is -2.11. The second kappa shape index (κ2) is 6.31. The molecule has 0 aliphatic carbocycles. The molecule has 0 radical (unpaired) electrons. The Morgan fingerprint density at radius 2 is 2.00 bits per heavy atom. The van der Waals surface area contributed by atoms with Crippen LogP contribution in [-0.2, 0) is 16.0 Å². The van der Waals surface area contributed by atoms with E-state index in [9.17, 15) is 14.9 Å². The van der Waals surface area contributed by atoms with Crippen LogP contribution in [0.2, 0.25) is 0 Å². The number of nitrogens with zero attached hydrogens (tertiary/aromatic N) is 1. The Labute approximate surface area is 112 Å². The van der Waals surface area contributed by atoms with Gasteiger partial charge in [-0.15, -0.1) is 0 Å². The molecule has 0 aliphatic rings. The highest BCUT2D eigenvalue weighted by molar-refractivity contribution is 5.77. The zero-order valence-electron chi connectivity index (χ0n) is 11.7. The number of methoxy groups -OCH3 is 1. The monoisotopic (exact) mass is 265 g/mol. The van der Waals surface area contributed by atoms with Crippen molar-refractivity contribution in [2.75, 3.05) is 7.11 Å². The summed E-state index contributed by atoms with van der Waals surface area (Å²) < 4.78 is 4.65. The van der Waals surface area contributed by atoms with E-state index in [1.165, 1.54) is 13.2 Å². The van der Waals surface area contributed by atoms with Crippen LogP contribution in [0.3, 0.4) is 0 Å². The molecular weight excluding hydrogens is 246 g/mol. The molecule has 0 N–H and O–H groups in total. The molecule has 1 aromatic carbocycles. The van der Waals surface area contributed by atoms with E-state index in [1.807, 2.05) is 13.8 Å². The summed E-state index contributed by atoms with van der Waals surface area (Å²) in [6, 6.07) is 4.96. The van der Waals surface area contributed by atoms with E-state index in [0.717, 1.165) is 0 Å². The number of carbonyl (C=O) groups is 1. The number of benzene rings is 1. The number of nitro benzene ring substituents is 1. The van der Waals surface area contributed by atoms with Gasteiger partial charge in [0.1, 0.15) is 0 Å². The molecule has 0 bridgehead atoms.